The molecule has 4 aliphatic rings. The second-order valence-electron chi connectivity index (χ2n) is 16.6. The standard InChI is InChI=1S/C44H60ClN5O5S/c1-7-9-33-22-37(45)13-14-38(33)36-25-50-24-35-11-15-39(35)44(53-6,28-49-20-18-48(19-21-49)26-42-46-30(3)31(4)55-42)17-8-10-29(2)32(5)56(52)47-43(51)34-12-16-41(54-27-36)40(50)23-34/h8,12-14,16-17,22-23,29,32,35-36,39H,7,9-11,15,18-21,24-28H2,1-6H3,(H,47,51)/b17-8+. The Morgan fingerprint density at radius 2 is 1.84 bits per heavy atom. The van der Waals surface area contributed by atoms with E-state index >= 15 is 0 Å². The predicted molar refractivity (Wildman–Crippen MR) is 224 cm³/mol. The Balaban J connectivity index is 1.19. The molecule has 1 saturated carbocycles. The van der Waals surface area contributed by atoms with Gasteiger partial charge in [-0.25, -0.2) is 9.19 Å². The van der Waals surface area contributed by atoms with Crippen molar-refractivity contribution in [3.05, 3.63) is 87.6 Å². The minimum absolute atomic E-state index is 0.0800. The van der Waals surface area contributed by atoms with Gasteiger partial charge in [-0.05, 0) is 106 Å². The van der Waals surface area contributed by atoms with E-state index in [1.54, 1.807) is 6.07 Å². The lowest BCUT2D eigenvalue weighted by Crippen LogP contribution is -2.58. The summed E-state index contributed by atoms with van der Waals surface area (Å²) in [6, 6.07) is 11.9. The van der Waals surface area contributed by atoms with Gasteiger partial charge in [0.05, 0.1) is 29.8 Å². The Morgan fingerprint density at radius 1 is 1.05 bits per heavy atom. The quantitative estimate of drug-likeness (QED) is 0.232. The summed E-state index contributed by atoms with van der Waals surface area (Å²) in [5, 5.41) is 0.506. The number of nitrogens with one attached hydrogen (secondary N) is 1. The van der Waals surface area contributed by atoms with Crippen LogP contribution in [-0.2, 0) is 28.7 Å². The highest BCUT2D eigenvalue weighted by molar-refractivity contribution is 7.84. The van der Waals surface area contributed by atoms with Crippen molar-refractivity contribution in [2.24, 2.45) is 17.8 Å². The molecule has 2 fully saturated rings. The van der Waals surface area contributed by atoms with Gasteiger partial charge in [0.2, 0.25) is 5.89 Å². The minimum atomic E-state index is -1.56. The lowest BCUT2D eigenvalue weighted by atomic mass is 9.63. The number of fused-ring (bicyclic) bond motifs is 2. The SMILES string of the molecule is CCCc1cc(Cl)ccc1C1COc2ccc3cc2N(C1)CC1CCC1C(CN1CCN(Cc2nc(C)c(C)o2)CC1)(OC)/C=C/CC(C)C(C)S(=O)NC3=O. The van der Waals surface area contributed by atoms with Gasteiger partial charge >= 0.3 is 0 Å². The normalized spacial score (nSPS) is 29.8. The molecule has 12 heteroatoms. The fraction of sp³-hybridized carbons (Fsp3) is 0.591. The van der Waals surface area contributed by atoms with Crippen molar-refractivity contribution in [1.29, 1.82) is 0 Å². The van der Waals surface area contributed by atoms with Crippen molar-refractivity contribution in [2.45, 2.75) is 90.0 Å². The highest BCUT2D eigenvalue weighted by atomic mass is 35.5. The van der Waals surface area contributed by atoms with Crippen LogP contribution in [0.25, 0.3) is 0 Å². The van der Waals surface area contributed by atoms with E-state index in [-0.39, 0.29) is 23.0 Å². The Morgan fingerprint density at radius 3 is 2.54 bits per heavy atom. The van der Waals surface area contributed by atoms with Gasteiger partial charge in [0.25, 0.3) is 5.91 Å². The third kappa shape index (κ3) is 8.92. The van der Waals surface area contributed by atoms with Crippen molar-refractivity contribution in [1.82, 2.24) is 19.5 Å². The monoisotopic (exact) mass is 805 g/mol. The summed E-state index contributed by atoms with van der Waals surface area (Å²) < 4.78 is 35.6. The molecule has 0 radical (unpaired) electrons. The van der Waals surface area contributed by atoms with Gasteiger partial charge in [0.15, 0.2) is 0 Å². The van der Waals surface area contributed by atoms with Crippen LogP contribution >= 0.6 is 11.6 Å². The largest absolute Gasteiger partial charge is 0.491 e. The van der Waals surface area contributed by atoms with Crippen LogP contribution in [0, 0.1) is 31.6 Å². The molecule has 0 spiro atoms. The first kappa shape index (κ1) is 41.0. The fourth-order valence-corrected chi connectivity index (χ4v) is 10.3. The lowest BCUT2D eigenvalue weighted by molar-refractivity contribution is -0.0957. The van der Waals surface area contributed by atoms with E-state index in [1.807, 2.05) is 46.1 Å². The number of aromatic nitrogens is 1. The summed E-state index contributed by atoms with van der Waals surface area (Å²) >= 11 is 6.52. The fourth-order valence-electron chi connectivity index (χ4n) is 9.13. The Bertz CT molecular complexity index is 1890. The Labute approximate surface area is 340 Å². The van der Waals surface area contributed by atoms with E-state index in [2.05, 4.69) is 62.5 Å². The Hall–Kier alpha value is -3.22. The maximum atomic E-state index is 13.6. The number of oxazole rings is 1. The molecule has 2 bridgehead atoms. The molecule has 1 amide bonds. The molecule has 2 aromatic carbocycles. The Kier molecular flexibility index (Phi) is 13.0. The molecular formula is C44H60ClN5O5S. The zero-order valence-corrected chi connectivity index (χ0v) is 35.6. The number of nitrogens with zero attached hydrogens (tertiary/aromatic N) is 4. The van der Waals surface area contributed by atoms with E-state index in [1.165, 1.54) is 11.1 Å². The van der Waals surface area contributed by atoms with Gasteiger partial charge < -0.3 is 18.8 Å². The van der Waals surface area contributed by atoms with Gasteiger partial charge in [-0.3, -0.25) is 19.3 Å². The second-order valence-corrected chi connectivity index (χ2v) is 18.6. The number of piperazine rings is 1. The van der Waals surface area contributed by atoms with E-state index in [0.717, 1.165) is 118 Å². The highest BCUT2D eigenvalue weighted by Gasteiger charge is 2.48. The number of carbonyl (C=O) groups is 1. The number of benzene rings is 2. The highest BCUT2D eigenvalue weighted by Crippen LogP contribution is 2.47. The topological polar surface area (TPSA) is 100 Å². The number of allylic oxidation sites excluding steroid dienone is 1. The van der Waals surface area contributed by atoms with E-state index in [9.17, 15) is 9.00 Å². The van der Waals surface area contributed by atoms with Crippen LogP contribution in [0.4, 0.5) is 5.69 Å². The molecule has 1 aromatic heterocycles. The van der Waals surface area contributed by atoms with Crippen LogP contribution in [0.3, 0.4) is 0 Å². The van der Waals surface area contributed by atoms with Crippen molar-refractivity contribution < 1.29 is 22.9 Å². The molecule has 1 N–H and O–H groups in total. The first-order valence-electron chi connectivity index (χ1n) is 20.6. The number of carbonyl (C=O) groups excluding carboxylic acids is 1. The van der Waals surface area contributed by atoms with Crippen LogP contribution in [0.1, 0.15) is 91.2 Å². The van der Waals surface area contributed by atoms with Crippen LogP contribution in [0.5, 0.6) is 5.75 Å². The molecule has 56 heavy (non-hydrogen) atoms. The van der Waals surface area contributed by atoms with Crippen molar-refractivity contribution >= 4 is 34.2 Å². The average molecular weight is 807 g/mol. The lowest BCUT2D eigenvalue weighted by Gasteiger charge is -2.52. The molecule has 1 aliphatic carbocycles. The van der Waals surface area contributed by atoms with Crippen LogP contribution < -0.4 is 14.4 Å². The average Bonchev–Trinajstić information content (AvgIpc) is 3.37. The molecule has 3 aromatic rings. The van der Waals surface area contributed by atoms with Crippen molar-refractivity contribution in [3.63, 3.8) is 0 Å². The van der Waals surface area contributed by atoms with Gasteiger partial charge in [-0.2, -0.15) is 0 Å². The molecule has 4 heterocycles. The summed E-state index contributed by atoms with van der Waals surface area (Å²) in [7, 11) is 0.319. The van der Waals surface area contributed by atoms with Gasteiger partial charge in [-0.15, -0.1) is 0 Å². The third-order valence-electron chi connectivity index (χ3n) is 13.0. The number of rotatable bonds is 8. The second kappa shape index (κ2) is 17.7. The summed E-state index contributed by atoms with van der Waals surface area (Å²) in [6.45, 7) is 17.6. The number of amides is 1. The van der Waals surface area contributed by atoms with Crippen molar-refractivity contribution in [3.8, 4) is 5.75 Å². The smallest absolute Gasteiger partial charge is 0.263 e. The minimum Gasteiger partial charge on any atom is -0.491 e. The van der Waals surface area contributed by atoms with Gasteiger partial charge in [0.1, 0.15) is 28.1 Å². The number of methoxy groups -OCH3 is 1. The molecule has 7 unspecified atom stereocenters. The predicted octanol–water partition coefficient (Wildman–Crippen LogP) is 7.49. The number of halogens is 1. The summed E-state index contributed by atoms with van der Waals surface area (Å²) in [6.07, 6.45) is 9.45. The number of hydrogen-bond acceptors (Lipinski definition) is 9. The molecular weight excluding hydrogens is 746 g/mol. The first-order chi connectivity index (χ1) is 27.0. The molecule has 304 valence electrons. The number of anilines is 1. The van der Waals surface area contributed by atoms with Crippen molar-refractivity contribution in [2.75, 3.05) is 64.4 Å². The van der Waals surface area contributed by atoms with Crippen LogP contribution in [0.15, 0.2) is 53.0 Å². The molecule has 1 saturated heterocycles. The first-order valence-corrected chi connectivity index (χ1v) is 22.2. The number of aryl methyl sites for hydroxylation is 3. The molecule has 7 atom stereocenters. The third-order valence-corrected chi connectivity index (χ3v) is 14.8. The summed E-state index contributed by atoms with van der Waals surface area (Å²) in [4.78, 5) is 25.7. The van der Waals surface area contributed by atoms with Gasteiger partial charge in [0, 0.05) is 69.4 Å². The number of ether oxygens (including phenoxy) is 2. The molecule has 7 rings (SSSR count). The van der Waals surface area contributed by atoms with Crippen LogP contribution in [0.2, 0.25) is 5.02 Å². The van der Waals surface area contributed by atoms with E-state index in [4.69, 9.17) is 25.5 Å². The maximum Gasteiger partial charge on any atom is 0.263 e. The van der Waals surface area contributed by atoms with E-state index in [0.29, 0.717) is 24.0 Å². The molecule has 10 nitrogen and oxygen atoms in total. The number of hydrogen-bond donors (Lipinski definition) is 1. The zero-order valence-electron chi connectivity index (χ0n) is 34.0. The maximum absolute atomic E-state index is 13.6. The zero-order chi connectivity index (χ0) is 39.6. The van der Waals surface area contributed by atoms with Gasteiger partial charge in [-0.1, -0.05) is 50.1 Å². The molecule has 3 aliphatic heterocycles. The van der Waals surface area contributed by atoms with E-state index < -0.39 is 16.6 Å². The summed E-state index contributed by atoms with van der Waals surface area (Å²) in [5.41, 5.74) is 4.38. The van der Waals surface area contributed by atoms with Crippen LogP contribution in [-0.4, -0.2) is 95.3 Å². The summed E-state index contributed by atoms with van der Waals surface area (Å²) in [5.74, 6) is 2.94.